The van der Waals surface area contributed by atoms with Gasteiger partial charge >= 0.3 is 0 Å². The SMILES string of the molecule is CC(C)NCc1cc(F)cc(OC(C)C#N)c1. The molecule has 0 saturated carbocycles. The lowest BCUT2D eigenvalue weighted by molar-refractivity contribution is 0.275. The lowest BCUT2D eigenvalue weighted by atomic mass is 10.2. The van der Waals surface area contributed by atoms with E-state index >= 15 is 0 Å². The number of nitriles is 1. The van der Waals surface area contributed by atoms with Crippen LogP contribution in [0.2, 0.25) is 0 Å². The van der Waals surface area contributed by atoms with Crippen LogP contribution in [0.1, 0.15) is 26.3 Å². The first kappa shape index (κ1) is 13.5. The molecule has 0 heterocycles. The summed E-state index contributed by atoms with van der Waals surface area (Å²) < 4.78 is 18.6. The molecule has 1 atom stereocenters. The minimum absolute atomic E-state index is 0.334. The van der Waals surface area contributed by atoms with Crippen LogP contribution in [0.4, 0.5) is 4.39 Å². The average Bonchev–Trinajstić information content (AvgIpc) is 2.25. The van der Waals surface area contributed by atoms with Gasteiger partial charge in [0.25, 0.3) is 0 Å². The predicted molar refractivity (Wildman–Crippen MR) is 64.1 cm³/mol. The van der Waals surface area contributed by atoms with E-state index in [2.05, 4.69) is 5.32 Å². The van der Waals surface area contributed by atoms with Crippen molar-refractivity contribution in [3.63, 3.8) is 0 Å². The van der Waals surface area contributed by atoms with E-state index in [0.29, 0.717) is 18.3 Å². The Kier molecular flexibility index (Phi) is 4.92. The minimum atomic E-state index is -0.581. The molecule has 0 aliphatic rings. The number of nitrogens with one attached hydrogen (secondary N) is 1. The van der Waals surface area contributed by atoms with E-state index in [1.807, 2.05) is 19.9 Å². The van der Waals surface area contributed by atoms with Crippen LogP contribution in [0.5, 0.6) is 5.75 Å². The molecule has 0 spiro atoms. The highest BCUT2D eigenvalue weighted by Crippen LogP contribution is 2.17. The van der Waals surface area contributed by atoms with Crippen molar-refractivity contribution in [3.05, 3.63) is 29.6 Å². The average molecular weight is 236 g/mol. The standard InChI is InChI=1S/C13H17FN2O/c1-9(2)16-8-11-4-12(14)6-13(5-11)17-10(3)7-15/h4-6,9-10,16H,8H2,1-3H3. The van der Waals surface area contributed by atoms with E-state index in [1.54, 1.807) is 13.0 Å². The number of hydrogen-bond acceptors (Lipinski definition) is 3. The van der Waals surface area contributed by atoms with Crippen LogP contribution in [-0.4, -0.2) is 12.1 Å². The molecule has 0 aromatic heterocycles. The second-order valence-corrected chi connectivity index (χ2v) is 4.22. The summed E-state index contributed by atoms with van der Waals surface area (Å²) in [6.07, 6.45) is -0.581. The molecule has 0 saturated heterocycles. The summed E-state index contributed by atoms with van der Waals surface area (Å²) in [6, 6.07) is 6.76. The van der Waals surface area contributed by atoms with Crippen LogP contribution in [0.25, 0.3) is 0 Å². The summed E-state index contributed by atoms with van der Waals surface area (Å²) in [5, 5.41) is 11.8. The molecule has 1 unspecified atom stereocenters. The third kappa shape index (κ3) is 4.83. The van der Waals surface area contributed by atoms with E-state index in [4.69, 9.17) is 10.00 Å². The van der Waals surface area contributed by atoms with E-state index in [-0.39, 0.29) is 5.82 Å². The van der Waals surface area contributed by atoms with Gasteiger partial charge in [0.05, 0.1) is 0 Å². The van der Waals surface area contributed by atoms with Gasteiger partial charge in [0, 0.05) is 18.7 Å². The number of nitrogens with zero attached hydrogens (tertiary/aromatic N) is 1. The summed E-state index contributed by atoms with van der Waals surface area (Å²) in [5.41, 5.74) is 0.804. The van der Waals surface area contributed by atoms with Gasteiger partial charge in [-0.2, -0.15) is 5.26 Å². The molecule has 0 radical (unpaired) electrons. The van der Waals surface area contributed by atoms with Gasteiger partial charge in [-0.3, -0.25) is 0 Å². The molecule has 0 bridgehead atoms. The maximum absolute atomic E-state index is 13.3. The minimum Gasteiger partial charge on any atom is -0.476 e. The third-order valence-electron chi connectivity index (χ3n) is 2.14. The zero-order valence-electron chi connectivity index (χ0n) is 10.3. The van der Waals surface area contributed by atoms with E-state index in [9.17, 15) is 4.39 Å². The molecule has 0 fully saturated rings. The first-order valence-corrected chi connectivity index (χ1v) is 5.60. The molecule has 0 amide bonds. The Morgan fingerprint density at radius 2 is 2.06 bits per heavy atom. The van der Waals surface area contributed by atoms with E-state index in [0.717, 1.165) is 5.56 Å². The largest absolute Gasteiger partial charge is 0.476 e. The number of benzene rings is 1. The molecule has 3 nitrogen and oxygen atoms in total. The van der Waals surface area contributed by atoms with Gasteiger partial charge in [0.15, 0.2) is 6.10 Å². The summed E-state index contributed by atoms with van der Waals surface area (Å²) in [5.74, 6) is 0.0350. The van der Waals surface area contributed by atoms with Crippen molar-refractivity contribution in [2.24, 2.45) is 0 Å². The molecule has 0 aliphatic heterocycles. The van der Waals surface area contributed by atoms with Gasteiger partial charge in [0.2, 0.25) is 0 Å². The fraction of sp³-hybridized carbons (Fsp3) is 0.462. The van der Waals surface area contributed by atoms with Crippen LogP contribution in [0.3, 0.4) is 0 Å². The first-order chi connectivity index (χ1) is 8.01. The smallest absolute Gasteiger partial charge is 0.181 e. The van der Waals surface area contributed by atoms with Gasteiger partial charge in [-0.1, -0.05) is 13.8 Å². The van der Waals surface area contributed by atoms with Crippen LogP contribution in [0.15, 0.2) is 18.2 Å². The molecule has 1 N–H and O–H groups in total. The Balaban J connectivity index is 2.76. The summed E-state index contributed by atoms with van der Waals surface area (Å²) >= 11 is 0. The fourth-order valence-corrected chi connectivity index (χ4v) is 1.34. The highest BCUT2D eigenvalue weighted by atomic mass is 19.1. The summed E-state index contributed by atoms with van der Waals surface area (Å²) in [7, 11) is 0. The number of halogens is 1. The van der Waals surface area contributed by atoms with Crippen molar-refractivity contribution in [1.29, 1.82) is 5.26 Å². The van der Waals surface area contributed by atoms with Gasteiger partial charge in [-0.25, -0.2) is 4.39 Å². The van der Waals surface area contributed by atoms with Gasteiger partial charge in [-0.15, -0.1) is 0 Å². The van der Waals surface area contributed by atoms with Crippen molar-refractivity contribution in [2.45, 2.75) is 39.5 Å². The quantitative estimate of drug-likeness (QED) is 0.854. The maximum Gasteiger partial charge on any atom is 0.181 e. The van der Waals surface area contributed by atoms with Crippen molar-refractivity contribution in [1.82, 2.24) is 5.32 Å². The molecule has 1 aromatic rings. The molecule has 1 rings (SSSR count). The number of hydrogen-bond donors (Lipinski definition) is 1. The monoisotopic (exact) mass is 236 g/mol. The predicted octanol–water partition coefficient (Wildman–Crippen LogP) is 2.61. The lowest BCUT2D eigenvalue weighted by Crippen LogP contribution is -2.22. The number of rotatable bonds is 5. The van der Waals surface area contributed by atoms with Crippen LogP contribution in [0, 0.1) is 17.1 Å². The Labute approximate surface area is 101 Å². The van der Waals surface area contributed by atoms with Crippen molar-refractivity contribution >= 4 is 0 Å². The van der Waals surface area contributed by atoms with Crippen LogP contribution in [-0.2, 0) is 6.54 Å². The molecular weight excluding hydrogens is 219 g/mol. The van der Waals surface area contributed by atoms with Crippen molar-refractivity contribution in [3.8, 4) is 11.8 Å². The zero-order valence-corrected chi connectivity index (χ0v) is 10.3. The normalized spacial score (nSPS) is 12.2. The molecular formula is C13H17FN2O. The highest BCUT2D eigenvalue weighted by Gasteiger charge is 2.06. The Morgan fingerprint density at radius 3 is 2.65 bits per heavy atom. The van der Waals surface area contributed by atoms with Crippen LogP contribution >= 0.6 is 0 Å². The summed E-state index contributed by atoms with van der Waals surface area (Å²) in [6.45, 7) is 6.24. The Bertz CT molecular complexity index is 412. The Morgan fingerprint density at radius 1 is 1.35 bits per heavy atom. The number of ether oxygens (including phenoxy) is 1. The second-order valence-electron chi connectivity index (χ2n) is 4.22. The topological polar surface area (TPSA) is 45.0 Å². The maximum atomic E-state index is 13.3. The Hall–Kier alpha value is -1.60. The molecule has 4 heteroatoms. The molecule has 1 aromatic carbocycles. The van der Waals surface area contributed by atoms with Crippen LogP contribution < -0.4 is 10.1 Å². The third-order valence-corrected chi connectivity index (χ3v) is 2.14. The molecule has 0 aliphatic carbocycles. The lowest BCUT2D eigenvalue weighted by Gasteiger charge is -2.11. The van der Waals surface area contributed by atoms with Crippen molar-refractivity contribution in [2.75, 3.05) is 0 Å². The second kappa shape index (κ2) is 6.21. The van der Waals surface area contributed by atoms with Gasteiger partial charge < -0.3 is 10.1 Å². The van der Waals surface area contributed by atoms with E-state index in [1.165, 1.54) is 12.1 Å². The molecule has 92 valence electrons. The van der Waals surface area contributed by atoms with Crippen molar-refractivity contribution < 1.29 is 9.13 Å². The van der Waals surface area contributed by atoms with Gasteiger partial charge in [0.1, 0.15) is 17.6 Å². The highest BCUT2D eigenvalue weighted by molar-refractivity contribution is 5.30. The van der Waals surface area contributed by atoms with Gasteiger partial charge in [-0.05, 0) is 24.6 Å². The first-order valence-electron chi connectivity index (χ1n) is 5.60. The molecule has 17 heavy (non-hydrogen) atoms. The summed E-state index contributed by atoms with van der Waals surface area (Å²) in [4.78, 5) is 0. The zero-order chi connectivity index (χ0) is 12.8. The fourth-order valence-electron chi connectivity index (χ4n) is 1.34. The van der Waals surface area contributed by atoms with E-state index < -0.39 is 6.10 Å².